The Balaban J connectivity index is 1.46. The van der Waals surface area contributed by atoms with Crippen LogP contribution in [0.2, 0.25) is 5.02 Å². The van der Waals surface area contributed by atoms with Gasteiger partial charge in [0.25, 0.3) is 5.91 Å². The second-order valence-electron chi connectivity index (χ2n) is 8.34. The molecule has 10 nitrogen and oxygen atoms in total. The van der Waals surface area contributed by atoms with Gasteiger partial charge in [0.2, 0.25) is 0 Å². The van der Waals surface area contributed by atoms with Gasteiger partial charge in [-0.3, -0.25) is 10.0 Å². The highest BCUT2D eigenvalue weighted by Gasteiger charge is 2.17. The number of likely N-dealkylation sites (N-methyl/N-ethyl adjacent to an activating group) is 1. The smallest absolute Gasteiger partial charge is 0.341 e. The Morgan fingerprint density at radius 2 is 1.92 bits per heavy atom. The van der Waals surface area contributed by atoms with Crippen LogP contribution in [0.4, 0.5) is 16.3 Å². The number of carbonyl (C=O) groups is 2. The number of para-hydroxylation sites is 2. The molecule has 0 radical (unpaired) electrons. The quantitative estimate of drug-likeness (QED) is 0.182. The number of H-pyrrole nitrogens is 1. The molecule has 0 bridgehead atoms. The lowest BCUT2D eigenvalue weighted by Crippen LogP contribution is -2.44. The summed E-state index contributed by atoms with van der Waals surface area (Å²) in [6.07, 6.45) is 0. The zero-order chi connectivity index (χ0) is 25.8. The van der Waals surface area contributed by atoms with E-state index in [0.29, 0.717) is 45.7 Å². The standard InChI is InChI=1S/C25H26ClN7O3/c1-14(33(3)25(35)32-36)13-27-22-11-9-17(15(2)28-22)24(34)29-16-8-10-19(26)18(12-16)23-30-20-6-4-5-7-21(20)31-23/h4-12,14,36H,13H2,1-3H3,(H,27,28)(H,29,34)(H,30,31)(H,32,35). The zero-order valence-electron chi connectivity index (χ0n) is 20.0. The molecule has 5 N–H and O–H groups in total. The van der Waals surface area contributed by atoms with Crippen LogP contribution in [-0.4, -0.2) is 56.6 Å². The van der Waals surface area contributed by atoms with Crippen molar-refractivity contribution in [2.45, 2.75) is 19.9 Å². The van der Waals surface area contributed by atoms with E-state index in [9.17, 15) is 9.59 Å². The van der Waals surface area contributed by atoms with Crippen molar-refractivity contribution in [1.82, 2.24) is 25.3 Å². The third kappa shape index (κ3) is 5.40. The fourth-order valence-electron chi connectivity index (χ4n) is 3.63. The summed E-state index contributed by atoms with van der Waals surface area (Å²) in [5.41, 5.74) is 5.53. The summed E-state index contributed by atoms with van der Waals surface area (Å²) in [4.78, 5) is 38.2. The van der Waals surface area contributed by atoms with Gasteiger partial charge >= 0.3 is 6.03 Å². The van der Waals surface area contributed by atoms with Gasteiger partial charge < -0.3 is 20.5 Å². The summed E-state index contributed by atoms with van der Waals surface area (Å²) in [5, 5.41) is 15.3. The highest BCUT2D eigenvalue weighted by Crippen LogP contribution is 2.30. The molecule has 0 saturated heterocycles. The van der Waals surface area contributed by atoms with Gasteiger partial charge in [-0.05, 0) is 56.3 Å². The van der Waals surface area contributed by atoms with Gasteiger partial charge in [-0.15, -0.1) is 0 Å². The molecular formula is C25H26ClN7O3. The van der Waals surface area contributed by atoms with Crippen molar-refractivity contribution in [1.29, 1.82) is 0 Å². The third-order valence-electron chi connectivity index (χ3n) is 5.85. The van der Waals surface area contributed by atoms with Gasteiger partial charge in [-0.1, -0.05) is 23.7 Å². The molecular weight excluding hydrogens is 482 g/mol. The predicted molar refractivity (Wildman–Crippen MR) is 139 cm³/mol. The number of urea groups is 1. The summed E-state index contributed by atoms with van der Waals surface area (Å²) in [7, 11) is 1.57. The molecule has 0 aliphatic carbocycles. The number of nitrogens with one attached hydrogen (secondary N) is 4. The highest BCUT2D eigenvalue weighted by molar-refractivity contribution is 6.33. The molecule has 1 atom stereocenters. The molecule has 2 heterocycles. The lowest BCUT2D eigenvalue weighted by Gasteiger charge is -2.24. The lowest BCUT2D eigenvalue weighted by atomic mass is 10.1. The van der Waals surface area contributed by atoms with E-state index in [1.54, 1.807) is 49.8 Å². The Labute approximate surface area is 212 Å². The molecule has 0 aliphatic heterocycles. The number of fused-ring (bicyclic) bond motifs is 1. The van der Waals surface area contributed by atoms with E-state index in [0.717, 1.165) is 11.0 Å². The summed E-state index contributed by atoms with van der Waals surface area (Å²) in [6, 6.07) is 15.5. The van der Waals surface area contributed by atoms with E-state index >= 15 is 0 Å². The van der Waals surface area contributed by atoms with E-state index in [-0.39, 0.29) is 11.9 Å². The zero-order valence-corrected chi connectivity index (χ0v) is 20.7. The number of benzene rings is 2. The van der Waals surface area contributed by atoms with E-state index in [2.05, 4.69) is 25.6 Å². The van der Waals surface area contributed by atoms with Crippen LogP contribution in [-0.2, 0) is 0 Å². The molecule has 0 spiro atoms. The van der Waals surface area contributed by atoms with Gasteiger partial charge in [0.1, 0.15) is 11.6 Å². The van der Waals surface area contributed by atoms with E-state index in [1.807, 2.05) is 31.2 Å². The van der Waals surface area contributed by atoms with E-state index < -0.39 is 6.03 Å². The van der Waals surface area contributed by atoms with E-state index in [4.69, 9.17) is 16.8 Å². The first-order chi connectivity index (χ1) is 17.3. The summed E-state index contributed by atoms with van der Waals surface area (Å²) < 4.78 is 0. The first-order valence-corrected chi connectivity index (χ1v) is 11.6. The normalized spacial score (nSPS) is 11.7. The Bertz CT molecular complexity index is 1390. The number of halogens is 1. The van der Waals surface area contributed by atoms with Crippen molar-refractivity contribution >= 4 is 46.1 Å². The number of rotatable bonds is 7. The number of hydrogen-bond donors (Lipinski definition) is 5. The minimum Gasteiger partial charge on any atom is -0.368 e. The Hall–Kier alpha value is -4.15. The number of nitrogens with zero attached hydrogens (tertiary/aromatic N) is 3. The highest BCUT2D eigenvalue weighted by atomic mass is 35.5. The number of anilines is 2. The molecule has 0 aliphatic rings. The van der Waals surface area contributed by atoms with Crippen molar-refractivity contribution in [2.24, 2.45) is 0 Å². The maximum absolute atomic E-state index is 13.0. The van der Waals surface area contributed by atoms with Crippen molar-refractivity contribution < 1.29 is 14.8 Å². The van der Waals surface area contributed by atoms with Crippen molar-refractivity contribution in [3.8, 4) is 11.4 Å². The molecule has 2 aromatic heterocycles. The lowest BCUT2D eigenvalue weighted by molar-refractivity contribution is 0.102. The number of aromatic nitrogens is 3. The molecule has 4 aromatic rings. The molecule has 0 saturated carbocycles. The second kappa shape index (κ2) is 10.6. The average Bonchev–Trinajstić information content (AvgIpc) is 3.31. The fraction of sp³-hybridized carbons (Fsp3) is 0.200. The number of aromatic amines is 1. The molecule has 36 heavy (non-hydrogen) atoms. The molecule has 2 aromatic carbocycles. The largest absolute Gasteiger partial charge is 0.368 e. The number of pyridine rings is 1. The average molecular weight is 508 g/mol. The second-order valence-corrected chi connectivity index (χ2v) is 8.75. The number of carbonyl (C=O) groups excluding carboxylic acids is 2. The molecule has 11 heteroatoms. The fourth-order valence-corrected chi connectivity index (χ4v) is 3.84. The minimum atomic E-state index is -0.605. The third-order valence-corrected chi connectivity index (χ3v) is 6.18. The molecule has 3 amide bonds. The van der Waals surface area contributed by atoms with Gasteiger partial charge in [0.15, 0.2) is 0 Å². The molecule has 0 fully saturated rings. The van der Waals surface area contributed by atoms with Crippen LogP contribution in [0.15, 0.2) is 54.6 Å². The van der Waals surface area contributed by atoms with Crippen LogP contribution in [0, 0.1) is 6.92 Å². The molecule has 1 unspecified atom stereocenters. The summed E-state index contributed by atoms with van der Waals surface area (Å²) >= 11 is 6.42. The number of imidazole rings is 1. The molecule has 186 valence electrons. The Morgan fingerprint density at radius 3 is 2.64 bits per heavy atom. The van der Waals surface area contributed by atoms with Crippen molar-refractivity contribution in [3.05, 3.63) is 70.9 Å². The summed E-state index contributed by atoms with van der Waals surface area (Å²) in [5.74, 6) is 0.867. The first kappa shape index (κ1) is 25.0. The summed E-state index contributed by atoms with van der Waals surface area (Å²) in [6.45, 7) is 3.97. The first-order valence-electron chi connectivity index (χ1n) is 11.2. The van der Waals surface area contributed by atoms with Crippen LogP contribution >= 0.6 is 11.6 Å². The number of hydrogen-bond acceptors (Lipinski definition) is 6. The van der Waals surface area contributed by atoms with Gasteiger partial charge in [0, 0.05) is 30.9 Å². The van der Waals surface area contributed by atoms with Crippen LogP contribution in [0.3, 0.4) is 0 Å². The van der Waals surface area contributed by atoms with Crippen LogP contribution < -0.4 is 16.1 Å². The maximum Gasteiger partial charge on any atom is 0.341 e. The monoisotopic (exact) mass is 507 g/mol. The van der Waals surface area contributed by atoms with Gasteiger partial charge in [-0.25, -0.2) is 20.2 Å². The SMILES string of the molecule is Cc1nc(NCC(C)N(C)C(=O)NO)ccc1C(=O)Nc1ccc(Cl)c(-c2nc3ccccc3[nH]2)c1. The maximum atomic E-state index is 13.0. The predicted octanol–water partition coefficient (Wildman–Crippen LogP) is 4.67. The molecule has 4 rings (SSSR count). The van der Waals surface area contributed by atoms with Gasteiger partial charge in [-0.2, -0.15) is 0 Å². The van der Waals surface area contributed by atoms with Crippen molar-refractivity contribution in [3.63, 3.8) is 0 Å². The topological polar surface area (TPSA) is 135 Å². The van der Waals surface area contributed by atoms with Crippen LogP contribution in [0.1, 0.15) is 23.0 Å². The van der Waals surface area contributed by atoms with Crippen molar-refractivity contribution in [2.75, 3.05) is 24.2 Å². The van der Waals surface area contributed by atoms with E-state index in [1.165, 1.54) is 4.90 Å². The van der Waals surface area contributed by atoms with Crippen LogP contribution in [0.5, 0.6) is 0 Å². The number of amides is 3. The number of aryl methyl sites for hydroxylation is 1. The number of hydroxylamine groups is 1. The van der Waals surface area contributed by atoms with Crippen LogP contribution in [0.25, 0.3) is 22.4 Å². The Kier molecular flexibility index (Phi) is 7.37. The minimum absolute atomic E-state index is 0.215. The van der Waals surface area contributed by atoms with Gasteiger partial charge in [0.05, 0.1) is 27.3 Å². The Morgan fingerprint density at radius 1 is 1.14 bits per heavy atom.